The quantitative estimate of drug-likeness (QED) is 0.467. The summed E-state index contributed by atoms with van der Waals surface area (Å²) in [6, 6.07) is 20.1. The maximum absolute atomic E-state index is 13.3. The summed E-state index contributed by atoms with van der Waals surface area (Å²) >= 11 is 6.12. The van der Waals surface area contributed by atoms with Crippen LogP contribution in [0.25, 0.3) is 0 Å². The molecule has 2 aliphatic rings. The molecule has 1 spiro atoms. The van der Waals surface area contributed by atoms with Crippen molar-refractivity contribution in [1.82, 2.24) is 4.90 Å². The number of benzene rings is 3. The van der Waals surface area contributed by atoms with Gasteiger partial charge in [-0.05, 0) is 79.9 Å². The van der Waals surface area contributed by atoms with Crippen molar-refractivity contribution in [2.24, 2.45) is 5.41 Å². The Morgan fingerprint density at radius 3 is 2.32 bits per heavy atom. The van der Waals surface area contributed by atoms with Crippen LogP contribution in [0.2, 0.25) is 5.02 Å². The average Bonchev–Trinajstić information content (AvgIpc) is 3.16. The van der Waals surface area contributed by atoms with Gasteiger partial charge >= 0.3 is 0 Å². The molecule has 0 N–H and O–H groups in total. The number of hydrogen-bond donors (Lipinski definition) is 0. The van der Waals surface area contributed by atoms with Crippen LogP contribution in [-0.4, -0.2) is 36.3 Å². The van der Waals surface area contributed by atoms with Crippen molar-refractivity contribution >= 4 is 29.1 Å². The van der Waals surface area contributed by atoms with Crippen LogP contribution in [0.15, 0.2) is 72.8 Å². The molecule has 0 aliphatic carbocycles. The number of piperidine rings is 1. The van der Waals surface area contributed by atoms with Crippen LogP contribution in [0.1, 0.15) is 29.6 Å². The third-order valence-corrected chi connectivity index (χ3v) is 7.01. The first-order valence-electron chi connectivity index (χ1n) is 11.3. The number of carbonyl (C=O) groups excluding carboxylic acids is 2. The number of ether oxygens (including phenoxy) is 1. The van der Waals surface area contributed by atoms with Gasteiger partial charge in [-0.1, -0.05) is 23.7 Å². The van der Waals surface area contributed by atoms with E-state index < -0.39 is 5.41 Å². The number of hydrogen-bond acceptors (Lipinski definition) is 3. The second kappa shape index (κ2) is 9.11. The fourth-order valence-electron chi connectivity index (χ4n) is 4.83. The van der Waals surface area contributed by atoms with Crippen molar-refractivity contribution < 1.29 is 18.7 Å². The van der Waals surface area contributed by atoms with Crippen LogP contribution >= 0.6 is 11.6 Å². The first-order valence-corrected chi connectivity index (χ1v) is 11.7. The maximum atomic E-state index is 13.3. The first kappa shape index (κ1) is 22.4. The molecule has 2 aliphatic heterocycles. The van der Waals surface area contributed by atoms with Crippen LogP contribution in [0.3, 0.4) is 0 Å². The Morgan fingerprint density at radius 2 is 1.59 bits per heavy atom. The largest absolute Gasteiger partial charge is 0.457 e. The molecule has 7 heteroatoms. The fourth-order valence-corrected chi connectivity index (χ4v) is 5.01. The lowest BCUT2D eigenvalue weighted by molar-refractivity contribution is -0.127. The molecule has 0 unspecified atom stereocenters. The molecular formula is C27H24ClFN2O3. The summed E-state index contributed by atoms with van der Waals surface area (Å²) < 4.78 is 18.9. The molecule has 2 saturated heterocycles. The van der Waals surface area contributed by atoms with Gasteiger partial charge in [0.1, 0.15) is 17.3 Å². The zero-order chi connectivity index (χ0) is 23.7. The number of anilines is 1. The number of amides is 2. The monoisotopic (exact) mass is 478 g/mol. The molecule has 34 heavy (non-hydrogen) atoms. The lowest BCUT2D eigenvalue weighted by atomic mass is 9.77. The molecule has 0 radical (unpaired) electrons. The van der Waals surface area contributed by atoms with E-state index in [0.29, 0.717) is 54.6 Å². The smallest absolute Gasteiger partial charge is 0.253 e. The molecule has 0 saturated carbocycles. The third kappa shape index (κ3) is 4.38. The molecule has 174 valence electrons. The van der Waals surface area contributed by atoms with Crippen LogP contribution in [0, 0.1) is 11.2 Å². The van der Waals surface area contributed by atoms with E-state index >= 15 is 0 Å². The average molecular weight is 479 g/mol. The van der Waals surface area contributed by atoms with E-state index in [-0.39, 0.29) is 17.6 Å². The number of likely N-dealkylation sites (tertiary alicyclic amines) is 1. The topological polar surface area (TPSA) is 49.9 Å². The van der Waals surface area contributed by atoms with Crippen LogP contribution < -0.4 is 9.64 Å². The SMILES string of the molecule is O=C(c1cccc(Oc2ccc(F)cc2)c1)N1CCC2(CC1)CCN(c1cccc(Cl)c1)C2=O. The normalized spacial score (nSPS) is 17.3. The molecule has 3 aromatic carbocycles. The summed E-state index contributed by atoms with van der Waals surface area (Å²) in [5.41, 5.74) is 0.923. The van der Waals surface area contributed by atoms with Crippen molar-refractivity contribution in [3.05, 3.63) is 89.2 Å². The lowest BCUT2D eigenvalue weighted by Crippen LogP contribution is -2.46. The summed E-state index contributed by atoms with van der Waals surface area (Å²) in [5, 5.41) is 0.609. The summed E-state index contributed by atoms with van der Waals surface area (Å²) in [4.78, 5) is 30.1. The van der Waals surface area contributed by atoms with Gasteiger partial charge in [0.05, 0.1) is 5.41 Å². The number of nitrogens with zero attached hydrogens (tertiary/aromatic N) is 2. The second-order valence-corrected chi connectivity index (χ2v) is 9.28. The Labute approximate surface area is 202 Å². The van der Waals surface area contributed by atoms with Gasteiger partial charge in [-0.25, -0.2) is 4.39 Å². The van der Waals surface area contributed by atoms with Crippen LogP contribution in [0.5, 0.6) is 11.5 Å². The van der Waals surface area contributed by atoms with E-state index in [4.69, 9.17) is 16.3 Å². The summed E-state index contributed by atoms with van der Waals surface area (Å²) in [6.07, 6.45) is 2.06. The maximum Gasteiger partial charge on any atom is 0.253 e. The minimum absolute atomic E-state index is 0.0865. The molecular weight excluding hydrogens is 455 g/mol. The molecule has 0 bridgehead atoms. The van der Waals surface area contributed by atoms with Gasteiger partial charge in [-0.15, -0.1) is 0 Å². The minimum atomic E-state index is -0.424. The van der Waals surface area contributed by atoms with E-state index in [1.807, 2.05) is 23.1 Å². The lowest BCUT2D eigenvalue weighted by Gasteiger charge is -2.38. The molecule has 2 fully saturated rings. The number of carbonyl (C=O) groups is 2. The summed E-state index contributed by atoms with van der Waals surface area (Å²) in [6.45, 7) is 1.71. The van der Waals surface area contributed by atoms with Gasteiger partial charge in [0.15, 0.2) is 0 Å². The molecule has 0 atom stereocenters. The van der Waals surface area contributed by atoms with E-state index in [1.54, 1.807) is 47.4 Å². The van der Waals surface area contributed by atoms with E-state index in [0.717, 1.165) is 12.1 Å². The van der Waals surface area contributed by atoms with Crippen molar-refractivity contribution in [3.63, 3.8) is 0 Å². The Bertz CT molecular complexity index is 1220. The van der Waals surface area contributed by atoms with Gasteiger partial charge in [-0.3, -0.25) is 9.59 Å². The molecule has 5 rings (SSSR count). The third-order valence-electron chi connectivity index (χ3n) is 6.77. The van der Waals surface area contributed by atoms with Crippen molar-refractivity contribution in [2.45, 2.75) is 19.3 Å². The molecule has 5 nitrogen and oxygen atoms in total. The molecule has 2 heterocycles. The van der Waals surface area contributed by atoms with E-state index in [2.05, 4.69) is 0 Å². The molecule has 0 aromatic heterocycles. The fraction of sp³-hybridized carbons (Fsp3) is 0.259. The predicted molar refractivity (Wildman–Crippen MR) is 129 cm³/mol. The minimum Gasteiger partial charge on any atom is -0.457 e. The zero-order valence-electron chi connectivity index (χ0n) is 18.5. The van der Waals surface area contributed by atoms with E-state index in [9.17, 15) is 14.0 Å². The van der Waals surface area contributed by atoms with Crippen LogP contribution in [0.4, 0.5) is 10.1 Å². The number of halogens is 2. The highest BCUT2D eigenvalue weighted by Gasteiger charge is 2.49. The van der Waals surface area contributed by atoms with Gasteiger partial charge < -0.3 is 14.5 Å². The Morgan fingerprint density at radius 1 is 0.882 bits per heavy atom. The van der Waals surface area contributed by atoms with Gasteiger partial charge in [-0.2, -0.15) is 0 Å². The zero-order valence-corrected chi connectivity index (χ0v) is 19.3. The molecule has 2 amide bonds. The van der Waals surface area contributed by atoms with Crippen molar-refractivity contribution in [2.75, 3.05) is 24.5 Å². The Hall–Kier alpha value is -3.38. The van der Waals surface area contributed by atoms with Crippen LogP contribution in [-0.2, 0) is 4.79 Å². The summed E-state index contributed by atoms with van der Waals surface area (Å²) in [5.74, 6) is 0.702. The highest BCUT2D eigenvalue weighted by Crippen LogP contribution is 2.43. The first-order chi connectivity index (χ1) is 16.4. The second-order valence-electron chi connectivity index (χ2n) is 8.84. The highest BCUT2D eigenvalue weighted by molar-refractivity contribution is 6.31. The van der Waals surface area contributed by atoms with Crippen molar-refractivity contribution in [3.8, 4) is 11.5 Å². The molecule has 3 aromatic rings. The predicted octanol–water partition coefficient (Wildman–Crippen LogP) is 5.93. The van der Waals surface area contributed by atoms with Crippen molar-refractivity contribution in [1.29, 1.82) is 0 Å². The van der Waals surface area contributed by atoms with E-state index in [1.165, 1.54) is 12.1 Å². The number of rotatable bonds is 4. The highest BCUT2D eigenvalue weighted by atomic mass is 35.5. The van der Waals surface area contributed by atoms with Gasteiger partial charge in [0.25, 0.3) is 5.91 Å². The van der Waals surface area contributed by atoms with Gasteiger partial charge in [0.2, 0.25) is 5.91 Å². The Kier molecular flexibility index (Phi) is 6.00. The standard InChI is InChI=1S/C27H24ClFN2O3/c28-20-4-2-5-22(18-20)31-16-13-27(26(31)33)11-14-30(15-12-27)25(32)19-3-1-6-24(17-19)34-23-9-7-21(29)8-10-23/h1-10,17-18H,11-16H2. The van der Waals surface area contributed by atoms with Gasteiger partial charge in [0, 0.05) is 35.9 Å². The summed E-state index contributed by atoms with van der Waals surface area (Å²) in [7, 11) is 0. The Balaban J connectivity index is 1.24.